The zero-order valence-electron chi connectivity index (χ0n) is 10.6. The maximum absolute atomic E-state index is 12.0. The average molecular weight is 267 g/mol. The predicted molar refractivity (Wildman–Crippen MR) is 69.0 cm³/mol. The SMILES string of the molecule is CCCCS(=O)(=O)N(C)C(C#N)c1ccncc1. The summed E-state index contributed by atoms with van der Waals surface area (Å²) in [5.74, 6) is 0.0727. The first-order chi connectivity index (χ1) is 8.53. The standard InChI is InChI=1S/C12H17N3O2S/c1-3-4-9-18(16,17)15(2)12(10-13)11-5-7-14-8-6-11/h5-8,12H,3-4,9H2,1-2H3. The third-order valence-electron chi connectivity index (χ3n) is 2.70. The second-order valence-electron chi connectivity index (χ2n) is 4.00. The third-order valence-corrected chi connectivity index (χ3v) is 4.60. The van der Waals surface area contributed by atoms with Gasteiger partial charge in [0.1, 0.15) is 6.04 Å². The monoisotopic (exact) mass is 267 g/mol. The fraction of sp³-hybridized carbons (Fsp3) is 0.500. The van der Waals surface area contributed by atoms with Crippen LogP contribution >= 0.6 is 0 Å². The van der Waals surface area contributed by atoms with Crippen molar-refractivity contribution in [3.63, 3.8) is 0 Å². The molecule has 0 saturated heterocycles. The van der Waals surface area contributed by atoms with Gasteiger partial charge in [-0.25, -0.2) is 8.42 Å². The van der Waals surface area contributed by atoms with Crippen molar-refractivity contribution >= 4 is 10.0 Å². The molecule has 98 valence electrons. The molecule has 5 nitrogen and oxygen atoms in total. The lowest BCUT2D eigenvalue weighted by Gasteiger charge is -2.22. The molecule has 6 heteroatoms. The van der Waals surface area contributed by atoms with Crippen molar-refractivity contribution in [3.8, 4) is 6.07 Å². The van der Waals surface area contributed by atoms with Crippen molar-refractivity contribution in [3.05, 3.63) is 30.1 Å². The molecule has 1 heterocycles. The molecule has 1 aromatic rings. The summed E-state index contributed by atoms with van der Waals surface area (Å²) in [6.07, 6.45) is 4.50. The first kappa shape index (κ1) is 14.6. The van der Waals surface area contributed by atoms with E-state index in [-0.39, 0.29) is 5.75 Å². The summed E-state index contributed by atoms with van der Waals surface area (Å²) < 4.78 is 25.2. The zero-order chi connectivity index (χ0) is 13.6. The number of sulfonamides is 1. The van der Waals surface area contributed by atoms with E-state index in [1.165, 1.54) is 7.05 Å². The summed E-state index contributed by atoms with van der Waals surface area (Å²) in [6.45, 7) is 1.93. The summed E-state index contributed by atoms with van der Waals surface area (Å²) in [7, 11) is -1.95. The smallest absolute Gasteiger partial charge is 0.215 e. The Morgan fingerprint density at radius 3 is 2.56 bits per heavy atom. The van der Waals surface area contributed by atoms with Crippen LogP contribution in [0.15, 0.2) is 24.5 Å². The highest BCUT2D eigenvalue weighted by atomic mass is 32.2. The van der Waals surface area contributed by atoms with Gasteiger partial charge in [0.05, 0.1) is 11.8 Å². The minimum Gasteiger partial charge on any atom is -0.265 e. The largest absolute Gasteiger partial charge is 0.265 e. The van der Waals surface area contributed by atoms with Gasteiger partial charge in [-0.2, -0.15) is 9.57 Å². The molecule has 1 unspecified atom stereocenters. The quantitative estimate of drug-likeness (QED) is 0.786. The molecule has 0 amide bonds. The predicted octanol–water partition coefficient (Wildman–Crippen LogP) is 1.71. The Balaban J connectivity index is 2.94. The van der Waals surface area contributed by atoms with Crippen LogP contribution in [0.1, 0.15) is 31.4 Å². The molecule has 0 aromatic carbocycles. The van der Waals surface area contributed by atoms with Crippen molar-refractivity contribution in [1.82, 2.24) is 9.29 Å². The van der Waals surface area contributed by atoms with Crippen molar-refractivity contribution in [2.24, 2.45) is 0 Å². The summed E-state index contributed by atoms with van der Waals surface area (Å²) >= 11 is 0. The molecule has 1 aromatic heterocycles. The molecular weight excluding hydrogens is 250 g/mol. The number of hydrogen-bond donors (Lipinski definition) is 0. The normalized spacial score (nSPS) is 13.2. The minimum absolute atomic E-state index is 0.0727. The first-order valence-electron chi connectivity index (χ1n) is 5.78. The fourth-order valence-corrected chi connectivity index (χ4v) is 2.97. The van der Waals surface area contributed by atoms with E-state index < -0.39 is 16.1 Å². The second-order valence-corrected chi connectivity index (χ2v) is 6.15. The maximum Gasteiger partial charge on any atom is 0.215 e. The zero-order valence-corrected chi connectivity index (χ0v) is 11.4. The van der Waals surface area contributed by atoms with Crippen molar-refractivity contribution in [2.75, 3.05) is 12.8 Å². The van der Waals surface area contributed by atoms with Gasteiger partial charge in [-0.3, -0.25) is 4.98 Å². The summed E-state index contributed by atoms with van der Waals surface area (Å²) in [5, 5.41) is 9.16. The summed E-state index contributed by atoms with van der Waals surface area (Å²) in [4.78, 5) is 3.86. The van der Waals surface area contributed by atoms with Gasteiger partial charge in [-0.1, -0.05) is 13.3 Å². The highest BCUT2D eigenvalue weighted by Gasteiger charge is 2.26. The number of hydrogen-bond acceptors (Lipinski definition) is 4. The van der Waals surface area contributed by atoms with Crippen LogP contribution in [0.5, 0.6) is 0 Å². The van der Waals surface area contributed by atoms with Crippen LogP contribution in [-0.4, -0.2) is 30.5 Å². The molecule has 0 aliphatic rings. The van der Waals surface area contributed by atoms with E-state index in [1.807, 2.05) is 13.0 Å². The Kier molecular flexibility index (Phi) is 5.25. The molecule has 0 saturated carbocycles. The third kappa shape index (κ3) is 3.52. The molecule has 0 bridgehead atoms. The van der Waals surface area contributed by atoms with E-state index in [9.17, 15) is 8.42 Å². The molecule has 0 aliphatic carbocycles. The molecule has 0 spiro atoms. The Hall–Kier alpha value is -1.45. The number of rotatable bonds is 6. The average Bonchev–Trinajstić information content (AvgIpc) is 2.38. The lowest BCUT2D eigenvalue weighted by molar-refractivity contribution is 0.431. The van der Waals surface area contributed by atoms with Crippen LogP contribution < -0.4 is 0 Å². The van der Waals surface area contributed by atoms with Gasteiger partial charge in [0.2, 0.25) is 10.0 Å². The van der Waals surface area contributed by atoms with Crippen LogP contribution in [0.3, 0.4) is 0 Å². The highest BCUT2D eigenvalue weighted by Crippen LogP contribution is 2.21. The van der Waals surface area contributed by atoms with Crippen LogP contribution in [0, 0.1) is 11.3 Å². The molecule has 1 atom stereocenters. The van der Waals surface area contributed by atoms with E-state index >= 15 is 0 Å². The van der Waals surface area contributed by atoms with E-state index in [0.717, 1.165) is 10.7 Å². The van der Waals surface area contributed by atoms with Gasteiger partial charge < -0.3 is 0 Å². The maximum atomic E-state index is 12.0. The number of aromatic nitrogens is 1. The molecule has 1 rings (SSSR count). The van der Waals surface area contributed by atoms with E-state index in [0.29, 0.717) is 12.0 Å². The Labute approximate surface area is 108 Å². The highest BCUT2D eigenvalue weighted by molar-refractivity contribution is 7.89. The van der Waals surface area contributed by atoms with E-state index in [1.54, 1.807) is 24.5 Å². The summed E-state index contributed by atoms with van der Waals surface area (Å²) in [5.41, 5.74) is 0.634. The van der Waals surface area contributed by atoms with Crippen molar-refractivity contribution in [2.45, 2.75) is 25.8 Å². The number of nitrogens with zero attached hydrogens (tertiary/aromatic N) is 3. The lowest BCUT2D eigenvalue weighted by atomic mass is 10.1. The first-order valence-corrected chi connectivity index (χ1v) is 7.39. The molecule has 18 heavy (non-hydrogen) atoms. The molecule has 0 fully saturated rings. The minimum atomic E-state index is -3.39. The van der Waals surface area contributed by atoms with Gasteiger partial charge in [-0.15, -0.1) is 0 Å². The Morgan fingerprint density at radius 2 is 2.06 bits per heavy atom. The van der Waals surface area contributed by atoms with Crippen LogP contribution in [0.25, 0.3) is 0 Å². The van der Waals surface area contributed by atoms with Crippen molar-refractivity contribution < 1.29 is 8.42 Å². The van der Waals surface area contributed by atoms with Gasteiger partial charge in [0.25, 0.3) is 0 Å². The second kappa shape index (κ2) is 6.47. The molecule has 0 radical (unpaired) electrons. The summed E-state index contributed by atoms with van der Waals surface area (Å²) in [6, 6.07) is 4.53. The Bertz CT molecular complexity index is 508. The van der Waals surface area contributed by atoms with Crippen LogP contribution in [-0.2, 0) is 10.0 Å². The van der Waals surface area contributed by atoms with Crippen LogP contribution in [0.4, 0.5) is 0 Å². The lowest BCUT2D eigenvalue weighted by Crippen LogP contribution is -2.32. The fourth-order valence-electron chi connectivity index (χ4n) is 1.54. The van der Waals surface area contributed by atoms with Gasteiger partial charge in [-0.05, 0) is 24.1 Å². The van der Waals surface area contributed by atoms with Crippen LogP contribution in [0.2, 0.25) is 0 Å². The topological polar surface area (TPSA) is 74.1 Å². The Morgan fingerprint density at radius 1 is 1.44 bits per heavy atom. The van der Waals surface area contributed by atoms with Gasteiger partial charge >= 0.3 is 0 Å². The van der Waals surface area contributed by atoms with Gasteiger partial charge in [0.15, 0.2) is 0 Å². The number of unbranched alkanes of at least 4 members (excludes halogenated alkanes) is 1. The number of pyridine rings is 1. The molecular formula is C12H17N3O2S. The van der Waals surface area contributed by atoms with Gasteiger partial charge in [0, 0.05) is 19.4 Å². The van der Waals surface area contributed by atoms with Crippen molar-refractivity contribution in [1.29, 1.82) is 5.26 Å². The number of nitriles is 1. The molecule has 0 N–H and O–H groups in total. The molecule has 0 aliphatic heterocycles. The van der Waals surface area contributed by atoms with E-state index in [4.69, 9.17) is 5.26 Å². The van der Waals surface area contributed by atoms with E-state index in [2.05, 4.69) is 4.98 Å².